The second-order valence-corrected chi connectivity index (χ2v) is 1.70. The summed E-state index contributed by atoms with van der Waals surface area (Å²) in [5.41, 5.74) is -0.00231. The molecule has 0 heterocycles. The van der Waals surface area contributed by atoms with E-state index in [0.29, 0.717) is 0 Å². The fraction of sp³-hybridized carbons (Fsp3) is 0.286. The summed E-state index contributed by atoms with van der Waals surface area (Å²) in [6, 6.07) is 0. The number of carbonyl (C=O) groups excluding carboxylic acids is 1. The summed E-state index contributed by atoms with van der Waals surface area (Å²) in [7, 11) is 1.23. The first kappa shape index (κ1) is 8.91. The van der Waals surface area contributed by atoms with Gasteiger partial charge in [-0.1, -0.05) is 12.7 Å². The number of carbonyl (C=O) groups is 1. The lowest BCUT2D eigenvalue weighted by Crippen LogP contribution is -2.15. The van der Waals surface area contributed by atoms with Crippen molar-refractivity contribution < 1.29 is 14.6 Å². The molecule has 0 saturated heterocycles. The minimum Gasteiger partial charge on any atom is -0.466 e. The predicted octanol–water partition coefficient (Wildman–Crippen LogP) is 0.262. The monoisotopic (exact) mass is 142 g/mol. The predicted molar refractivity (Wildman–Crippen MR) is 37.4 cm³/mol. The molecule has 0 rings (SSSR count). The van der Waals surface area contributed by atoms with Crippen LogP contribution in [0, 0.1) is 0 Å². The molecule has 0 radical (unpaired) electrons. The lowest BCUT2D eigenvalue weighted by atomic mass is 10.2. The molecular formula is C7H10O3. The summed E-state index contributed by atoms with van der Waals surface area (Å²) in [6.45, 7) is 6.58. The second kappa shape index (κ2) is 3.85. The molecule has 0 aromatic carbocycles. The molecule has 0 spiro atoms. The highest BCUT2D eigenvalue weighted by molar-refractivity contribution is 5.89. The molecule has 1 atom stereocenters. The van der Waals surface area contributed by atoms with Crippen molar-refractivity contribution in [1.82, 2.24) is 0 Å². The van der Waals surface area contributed by atoms with Crippen LogP contribution in [0.2, 0.25) is 0 Å². The molecule has 0 aromatic rings. The second-order valence-electron chi connectivity index (χ2n) is 1.70. The molecule has 0 aliphatic carbocycles. The molecule has 1 N–H and O–H groups in total. The van der Waals surface area contributed by atoms with E-state index >= 15 is 0 Å². The maximum atomic E-state index is 10.6. The van der Waals surface area contributed by atoms with Crippen LogP contribution in [-0.4, -0.2) is 24.3 Å². The van der Waals surface area contributed by atoms with Crippen molar-refractivity contribution in [2.45, 2.75) is 6.10 Å². The summed E-state index contributed by atoms with van der Waals surface area (Å²) in [6.07, 6.45) is 0.201. The van der Waals surface area contributed by atoms with E-state index in [0.717, 1.165) is 0 Å². The van der Waals surface area contributed by atoms with E-state index < -0.39 is 12.1 Å². The van der Waals surface area contributed by atoms with Crippen molar-refractivity contribution in [3.05, 3.63) is 24.8 Å². The molecule has 3 heteroatoms. The third kappa shape index (κ3) is 2.03. The van der Waals surface area contributed by atoms with Crippen LogP contribution in [0.4, 0.5) is 0 Å². The number of aliphatic hydroxyl groups excluding tert-OH is 1. The smallest absolute Gasteiger partial charge is 0.336 e. The van der Waals surface area contributed by atoms with E-state index in [9.17, 15) is 4.79 Å². The fourth-order valence-corrected chi connectivity index (χ4v) is 0.394. The van der Waals surface area contributed by atoms with Gasteiger partial charge in [-0.05, 0) is 0 Å². The number of hydrogen-bond donors (Lipinski definition) is 1. The molecule has 3 nitrogen and oxygen atoms in total. The van der Waals surface area contributed by atoms with Gasteiger partial charge in [0.1, 0.15) is 6.10 Å². The van der Waals surface area contributed by atoms with Gasteiger partial charge in [-0.25, -0.2) is 4.79 Å². The normalized spacial score (nSPS) is 11.8. The Bertz CT molecular complexity index is 160. The van der Waals surface area contributed by atoms with Crippen LogP contribution < -0.4 is 0 Å². The van der Waals surface area contributed by atoms with Crippen LogP contribution in [0.5, 0.6) is 0 Å². The van der Waals surface area contributed by atoms with Crippen molar-refractivity contribution >= 4 is 5.97 Å². The maximum absolute atomic E-state index is 10.6. The first-order valence-electron chi connectivity index (χ1n) is 2.71. The Labute approximate surface area is 59.6 Å². The standard InChI is InChI=1S/C7H10O3/c1-4-6(8)5(2)7(9)10-3/h4,6,8H,1-2H2,3H3. The molecule has 0 aliphatic heterocycles. The zero-order chi connectivity index (χ0) is 8.15. The highest BCUT2D eigenvalue weighted by Gasteiger charge is 2.12. The molecule has 0 bridgehead atoms. The minimum absolute atomic E-state index is 0.00231. The molecule has 0 fully saturated rings. The molecular weight excluding hydrogens is 132 g/mol. The van der Waals surface area contributed by atoms with Gasteiger partial charge in [0.15, 0.2) is 0 Å². The van der Waals surface area contributed by atoms with Crippen LogP contribution in [-0.2, 0) is 9.53 Å². The van der Waals surface area contributed by atoms with Crippen LogP contribution >= 0.6 is 0 Å². The molecule has 0 amide bonds. The van der Waals surface area contributed by atoms with Crippen LogP contribution in [0.25, 0.3) is 0 Å². The van der Waals surface area contributed by atoms with Crippen LogP contribution in [0.3, 0.4) is 0 Å². The van der Waals surface area contributed by atoms with Gasteiger partial charge in [-0.2, -0.15) is 0 Å². The third-order valence-electron chi connectivity index (χ3n) is 1.03. The van der Waals surface area contributed by atoms with Gasteiger partial charge < -0.3 is 9.84 Å². The van der Waals surface area contributed by atoms with Crippen molar-refractivity contribution in [1.29, 1.82) is 0 Å². The highest BCUT2D eigenvalue weighted by atomic mass is 16.5. The lowest BCUT2D eigenvalue weighted by molar-refractivity contribution is -0.136. The van der Waals surface area contributed by atoms with Crippen molar-refractivity contribution in [2.24, 2.45) is 0 Å². The number of aliphatic hydroxyl groups is 1. The van der Waals surface area contributed by atoms with Gasteiger partial charge in [0.2, 0.25) is 0 Å². The Kier molecular flexibility index (Phi) is 3.43. The Hall–Kier alpha value is -1.09. The Balaban J connectivity index is 4.07. The molecule has 0 aromatic heterocycles. The van der Waals surface area contributed by atoms with E-state index in [1.165, 1.54) is 13.2 Å². The summed E-state index contributed by atoms with van der Waals surface area (Å²) in [5, 5.41) is 8.91. The van der Waals surface area contributed by atoms with E-state index in [-0.39, 0.29) is 5.57 Å². The van der Waals surface area contributed by atoms with Gasteiger partial charge in [0, 0.05) is 0 Å². The lowest BCUT2D eigenvalue weighted by Gasteiger charge is -2.05. The van der Waals surface area contributed by atoms with Gasteiger partial charge in [-0.3, -0.25) is 0 Å². The van der Waals surface area contributed by atoms with Crippen molar-refractivity contribution in [2.75, 3.05) is 7.11 Å². The molecule has 10 heavy (non-hydrogen) atoms. The zero-order valence-electron chi connectivity index (χ0n) is 5.83. The number of ether oxygens (including phenoxy) is 1. The summed E-state index contributed by atoms with van der Waals surface area (Å²) >= 11 is 0. The average molecular weight is 142 g/mol. The Morgan fingerprint density at radius 1 is 1.80 bits per heavy atom. The molecule has 0 aliphatic rings. The van der Waals surface area contributed by atoms with Gasteiger partial charge >= 0.3 is 5.97 Å². The quantitative estimate of drug-likeness (QED) is 0.349. The van der Waals surface area contributed by atoms with Crippen molar-refractivity contribution in [3.8, 4) is 0 Å². The molecule has 0 saturated carbocycles. The number of rotatable bonds is 3. The average Bonchev–Trinajstić information content (AvgIpc) is 2.00. The first-order chi connectivity index (χ1) is 4.63. The summed E-state index contributed by atoms with van der Waals surface area (Å²) in [4.78, 5) is 10.6. The molecule has 1 unspecified atom stereocenters. The third-order valence-corrected chi connectivity index (χ3v) is 1.03. The number of esters is 1. The van der Waals surface area contributed by atoms with Gasteiger partial charge in [-0.15, -0.1) is 6.58 Å². The fourth-order valence-electron chi connectivity index (χ4n) is 0.394. The SMILES string of the molecule is C=CC(O)C(=C)C(=O)OC. The Morgan fingerprint density at radius 3 is 2.60 bits per heavy atom. The van der Waals surface area contributed by atoms with Crippen molar-refractivity contribution in [3.63, 3.8) is 0 Å². The van der Waals surface area contributed by atoms with E-state index in [1.807, 2.05) is 0 Å². The van der Waals surface area contributed by atoms with E-state index in [4.69, 9.17) is 5.11 Å². The zero-order valence-corrected chi connectivity index (χ0v) is 5.83. The maximum Gasteiger partial charge on any atom is 0.336 e. The number of hydrogen-bond acceptors (Lipinski definition) is 3. The summed E-state index contributed by atoms with van der Waals surface area (Å²) in [5.74, 6) is -0.618. The minimum atomic E-state index is -1.01. The largest absolute Gasteiger partial charge is 0.466 e. The van der Waals surface area contributed by atoms with Gasteiger partial charge in [0.25, 0.3) is 0 Å². The van der Waals surface area contributed by atoms with E-state index in [1.54, 1.807) is 0 Å². The van der Waals surface area contributed by atoms with Crippen LogP contribution in [0.15, 0.2) is 24.8 Å². The Morgan fingerprint density at radius 2 is 2.30 bits per heavy atom. The highest BCUT2D eigenvalue weighted by Crippen LogP contribution is 2.01. The van der Waals surface area contributed by atoms with Crippen LogP contribution in [0.1, 0.15) is 0 Å². The molecule has 56 valence electrons. The first-order valence-corrected chi connectivity index (χ1v) is 2.71. The topological polar surface area (TPSA) is 46.5 Å². The van der Waals surface area contributed by atoms with Gasteiger partial charge in [0.05, 0.1) is 12.7 Å². The number of methoxy groups -OCH3 is 1. The van der Waals surface area contributed by atoms with E-state index in [2.05, 4.69) is 17.9 Å². The summed E-state index contributed by atoms with van der Waals surface area (Å²) < 4.78 is 4.29.